The fourth-order valence-corrected chi connectivity index (χ4v) is 2.80. The first-order valence-electron chi connectivity index (χ1n) is 7.69. The highest BCUT2D eigenvalue weighted by molar-refractivity contribution is 6.32. The molecule has 0 radical (unpaired) electrons. The minimum Gasteiger partial charge on any atom is -0.495 e. The van der Waals surface area contributed by atoms with Gasteiger partial charge in [0, 0.05) is 17.5 Å². The summed E-state index contributed by atoms with van der Waals surface area (Å²) >= 11 is 6.07. The Morgan fingerprint density at radius 3 is 2.65 bits per heavy atom. The number of nitrogens with one attached hydrogen (secondary N) is 1. The summed E-state index contributed by atoms with van der Waals surface area (Å²) < 4.78 is 11.9. The summed E-state index contributed by atoms with van der Waals surface area (Å²) in [6.07, 6.45) is 1.20. The number of ether oxygens (including phenoxy) is 2. The maximum atomic E-state index is 12.5. The summed E-state index contributed by atoms with van der Waals surface area (Å²) in [5, 5.41) is 7.67. The van der Waals surface area contributed by atoms with Crippen LogP contribution in [0, 0.1) is 0 Å². The molecule has 8 heteroatoms. The smallest absolute Gasteiger partial charge is 0.246 e. The lowest BCUT2D eigenvalue weighted by molar-refractivity contribution is -0.116. The maximum Gasteiger partial charge on any atom is 0.246 e. The predicted octanol–water partition coefficient (Wildman–Crippen LogP) is 2.71. The summed E-state index contributed by atoms with van der Waals surface area (Å²) in [6.45, 7) is -0.0745. The monoisotopic (exact) mass is 373 g/mol. The average Bonchev–Trinajstić information content (AvgIpc) is 2.65. The van der Waals surface area contributed by atoms with Crippen LogP contribution in [-0.2, 0) is 11.3 Å². The van der Waals surface area contributed by atoms with Crippen molar-refractivity contribution in [2.24, 2.45) is 0 Å². The Balaban J connectivity index is 1.89. The van der Waals surface area contributed by atoms with Gasteiger partial charge in [-0.25, -0.2) is 0 Å². The van der Waals surface area contributed by atoms with Gasteiger partial charge in [0.25, 0.3) is 0 Å². The van der Waals surface area contributed by atoms with Gasteiger partial charge >= 0.3 is 0 Å². The zero-order valence-corrected chi connectivity index (χ0v) is 14.9. The second kappa shape index (κ2) is 7.45. The molecular weight excluding hydrogens is 358 g/mol. The SMILES string of the molecule is COc1cc(NC(=O)Cn2ncc(=O)c3ccccc32)c(OC)cc1Cl. The van der Waals surface area contributed by atoms with Crippen LogP contribution in [-0.4, -0.2) is 29.9 Å². The molecule has 3 aromatic rings. The van der Waals surface area contributed by atoms with E-state index in [-0.39, 0.29) is 17.9 Å². The van der Waals surface area contributed by atoms with Gasteiger partial charge in [-0.2, -0.15) is 5.10 Å². The third kappa shape index (κ3) is 3.48. The summed E-state index contributed by atoms with van der Waals surface area (Å²) in [6, 6.07) is 10.1. The highest BCUT2D eigenvalue weighted by Crippen LogP contribution is 2.35. The Labute approximate surface area is 154 Å². The molecule has 1 heterocycles. The molecule has 0 saturated carbocycles. The number of carbonyl (C=O) groups is 1. The lowest BCUT2D eigenvalue weighted by Gasteiger charge is -2.14. The van der Waals surface area contributed by atoms with E-state index in [0.717, 1.165) is 0 Å². The Hall–Kier alpha value is -3.06. The van der Waals surface area contributed by atoms with Crippen LogP contribution in [0.5, 0.6) is 11.5 Å². The fourth-order valence-electron chi connectivity index (χ4n) is 2.57. The van der Waals surface area contributed by atoms with Crippen molar-refractivity contribution in [2.45, 2.75) is 6.54 Å². The molecule has 0 bridgehead atoms. The number of methoxy groups -OCH3 is 2. The Morgan fingerprint density at radius 1 is 1.19 bits per heavy atom. The molecule has 1 amide bonds. The van der Waals surface area contributed by atoms with Crippen molar-refractivity contribution in [3.8, 4) is 11.5 Å². The van der Waals surface area contributed by atoms with E-state index < -0.39 is 0 Å². The van der Waals surface area contributed by atoms with Crippen molar-refractivity contribution in [2.75, 3.05) is 19.5 Å². The van der Waals surface area contributed by atoms with Crippen molar-refractivity contribution in [1.82, 2.24) is 9.78 Å². The fraction of sp³-hybridized carbons (Fsp3) is 0.167. The van der Waals surface area contributed by atoms with E-state index in [1.807, 2.05) is 0 Å². The van der Waals surface area contributed by atoms with E-state index in [0.29, 0.717) is 33.1 Å². The van der Waals surface area contributed by atoms with Gasteiger partial charge < -0.3 is 14.8 Å². The molecule has 1 aromatic heterocycles. The van der Waals surface area contributed by atoms with Crippen LogP contribution < -0.4 is 20.2 Å². The van der Waals surface area contributed by atoms with Gasteiger partial charge in [0.15, 0.2) is 0 Å². The minimum absolute atomic E-state index is 0.0745. The first-order chi connectivity index (χ1) is 12.5. The lowest BCUT2D eigenvalue weighted by atomic mass is 10.2. The normalized spacial score (nSPS) is 10.6. The van der Waals surface area contributed by atoms with E-state index in [1.54, 1.807) is 36.4 Å². The first-order valence-corrected chi connectivity index (χ1v) is 8.07. The zero-order chi connectivity index (χ0) is 18.7. The quantitative estimate of drug-likeness (QED) is 0.743. The summed E-state index contributed by atoms with van der Waals surface area (Å²) in [5.41, 5.74) is 0.807. The number of aromatic nitrogens is 2. The van der Waals surface area contributed by atoms with Gasteiger partial charge in [-0.1, -0.05) is 23.7 Å². The third-order valence-corrected chi connectivity index (χ3v) is 4.10. The molecule has 0 spiro atoms. The highest BCUT2D eigenvalue weighted by atomic mass is 35.5. The summed E-state index contributed by atoms with van der Waals surface area (Å²) in [5.74, 6) is 0.477. The van der Waals surface area contributed by atoms with Crippen molar-refractivity contribution >= 4 is 34.1 Å². The van der Waals surface area contributed by atoms with Crippen LogP contribution in [0.15, 0.2) is 47.4 Å². The largest absolute Gasteiger partial charge is 0.495 e. The van der Waals surface area contributed by atoms with Crippen LogP contribution in [0.2, 0.25) is 5.02 Å². The summed E-state index contributed by atoms with van der Waals surface area (Å²) in [4.78, 5) is 24.4. The molecule has 0 unspecified atom stereocenters. The van der Waals surface area contributed by atoms with Crippen molar-refractivity contribution < 1.29 is 14.3 Å². The molecule has 3 rings (SSSR count). The molecular formula is C18H16ClN3O4. The molecule has 0 saturated heterocycles. The van der Waals surface area contributed by atoms with Gasteiger partial charge in [-0.05, 0) is 12.1 Å². The van der Waals surface area contributed by atoms with Gasteiger partial charge in [-0.15, -0.1) is 0 Å². The second-order valence-electron chi connectivity index (χ2n) is 5.42. The van der Waals surface area contributed by atoms with E-state index in [4.69, 9.17) is 21.1 Å². The van der Waals surface area contributed by atoms with Crippen molar-refractivity contribution in [3.63, 3.8) is 0 Å². The number of rotatable bonds is 5. The number of hydrogen-bond acceptors (Lipinski definition) is 5. The number of anilines is 1. The molecule has 0 aliphatic heterocycles. The van der Waals surface area contributed by atoms with E-state index >= 15 is 0 Å². The van der Waals surface area contributed by atoms with E-state index in [2.05, 4.69) is 10.4 Å². The van der Waals surface area contributed by atoms with Crippen molar-refractivity contribution in [1.29, 1.82) is 0 Å². The molecule has 1 N–H and O–H groups in total. The van der Waals surface area contributed by atoms with Crippen LogP contribution >= 0.6 is 11.6 Å². The van der Waals surface area contributed by atoms with Gasteiger partial charge in [0.2, 0.25) is 11.3 Å². The van der Waals surface area contributed by atoms with Crippen LogP contribution in [0.1, 0.15) is 0 Å². The number of amides is 1. The van der Waals surface area contributed by atoms with Crippen molar-refractivity contribution in [3.05, 3.63) is 57.8 Å². The number of benzene rings is 2. The minimum atomic E-state index is -0.339. The summed E-state index contributed by atoms with van der Waals surface area (Å²) in [7, 11) is 2.96. The number of fused-ring (bicyclic) bond motifs is 1. The van der Waals surface area contributed by atoms with Gasteiger partial charge in [0.05, 0.1) is 36.6 Å². The second-order valence-corrected chi connectivity index (χ2v) is 5.83. The standard InChI is InChI=1S/C18H16ClN3O4/c1-25-16-8-13(17(26-2)7-12(16)19)21-18(24)10-22-14-6-4-3-5-11(14)15(23)9-20-22/h3-9H,10H2,1-2H3,(H,21,24). The average molecular weight is 374 g/mol. The van der Waals surface area contributed by atoms with Gasteiger partial charge in [0.1, 0.15) is 18.0 Å². The molecule has 0 fully saturated rings. The van der Waals surface area contributed by atoms with Crippen LogP contribution in [0.3, 0.4) is 0 Å². The molecule has 7 nitrogen and oxygen atoms in total. The first kappa shape index (κ1) is 17.8. The lowest BCUT2D eigenvalue weighted by Crippen LogP contribution is -2.22. The number of hydrogen-bond donors (Lipinski definition) is 1. The Kier molecular flexibility index (Phi) is 5.09. The number of halogens is 1. The van der Waals surface area contributed by atoms with E-state index in [9.17, 15) is 9.59 Å². The highest BCUT2D eigenvalue weighted by Gasteiger charge is 2.14. The topological polar surface area (TPSA) is 82.5 Å². The molecule has 134 valence electrons. The molecule has 0 aliphatic rings. The molecule has 26 heavy (non-hydrogen) atoms. The zero-order valence-electron chi connectivity index (χ0n) is 14.2. The molecule has 2 aromatic carbocycles. The maximum absolute atomic E-state index is 12.5. The number of nitrogens with zero attached hydrogens (tertiary/aromatic N) is 2. The van der Waals surface area contributed by atoms with Crippen LogP contribution in [0.25, 0.3) is 10.9 Å². The van der Waals surface area contributed by atoms with Gasteiger partial charge in [-0.3, -0.25) is 14.3 Å². The third-order valence-electron chi connectivity index (χ3n) is 3.80. The molecule has 0 atom stereocenters. The Morgan fingerprint density at radius 2 is 1.92 bits per heavy atom. The van der Waals surface area contributed by atoms with Crippen LogP contribution in [0.4, 0.5) is 5.69 Å². The number of para-hydroxylation sites is 1. The Bertz CT molecular complexity index is 1030. The number of carbonyl (C=O) groups excluding carboxylic acids is 1. The predicted molar refractivity (Wildman–Crippen MR) is 99.2 cm³/mol. The van der Waals surface area contributed by atoms with E-state index in [1.165, 1.54) is 25.1 Å². The molecule has 0 aliphatic carbocycles.